The van der Waals surface area contributed by atoms with Gasteiger partial charge in [0.05, 0.1) is 30.4 Å². The van der Waals surface area contributed by atoms with Gasteiger partial charge in [-0.05, 0) is 55.7 Å². The Bertz CT molecular complexity index is 1240. The summed E-state index contributed by atoms with van der Waals surface area (Å²) in [5.41, 5.74) is -0.134. The molecule has 1 fully saturated rings. The molecule has 0 saturated carbocycles. The number of rotatable bonds is 10. The van der Waals surface area contributed by atoms with Crippen molar-refractivity contribution in [2.45, 2.75) is 65.3 Å². The summed E-state index contributed by atoms with van der Waals surface area (Å²) in [5, 5.41) is 14.2. The molecule has 2 aliphatic rings. The van der Waals surface area contributed by atoms with Crippen molar-refractivity contribution in [3.63, 3.8) is 0 Å². The Balaban J connectivity index is 1.50. The minimum atomic E-state index is -4.65. The van der Waals surface area contributed by atoms with Crippen LogP contribution in [0.2, 0.25) is 0 Å². The Labute approximate surface area is 237 Å². The number of alkyl halides is 3. The molecule has 0 radical (unpaired) electrons. The van der Waals surface area contributed by atoms with Gasteiger partial charge in [-0.15, -0.1) is 0 Å². The van der Waals surface area contributed by atoms with Crippen molar-refractivity contribution in [2.24, 2.45) is 22.9 Å². The molecular formula is C30H37F4N3O4. The fourth-order valence-electron chi connectivity index (χ4n) is 5.74. The molecule has 41 heavy (non-hydrogen) atoms. The molecule has 2 aromatic rings. The summed E-state index contributed by atoms with van der Waals surface area (Å²) in [6.45, 7) is 9.15. The van der Waals surface area contributed by atoms with E-state index in [0.29, 0.717) is 54.9 Å². The molecule has 0 aromatic heterocycles. The molecule has 2 heterocycles. The molecule has 224 valence electrons. The Morgan fingerprint density at radius 2 is 1.83 bits per heavy atom. The minimum absolute atomic E-state index is 0.108. The number of benzene rings is 2. The Kier molecular flexibility index (Phi) is 9.34. The lowest BCUT2D eigenvalue weighted by molar-refractivity contribution is -0.137. The number of carboxylic acid groups (broad SMARTS) is 1. The Hall–Kier alpha value is -3.50. The van der Waals surface area contributed by atoms with E-state index in [1.54, 1.807) is 36.4 Å². The molecule has 1 saturated heterocycles. The van der Waals surface area contributed by atoms with E-state index in [9.17, 15) is 27.5 Å². The van der Waals surface area contributed by atoms with E-state index in [4.69, 9.17) is 9.47 Å². The van der Waals surface area contributed by atoms with Gasteiger partial charge in [0.15, 0.2) is 0 Å². The van der Waals surface area contributed by atoms with Gasteiger partial charge in [-0.25, -0.2) is 4.39 Å². The highest BCUT2D eigenvalue weighted by atomic mass is 19.4. The second kappa shape index (κ2) is 12.6. The molecule has 0 aliphatic carbocycles. The van der Waals surface area contributed by atoms with Gasteiger partial charge in [0.25, 0.3) is 0 Å². The zero-order chi connectivity index (χ0) is 29.9. The maximum atomic E-state index is 14.8. The number of ether oxygens (including phenoxy) is 2. The molecule has 2 aliphatic heterocycles. The van der Waals surface area contributed by atoms with Crippen molar-refractivity contribution >= 4 is 23.1 Å². The van der Waals surface area contributed by atoms with Crippen LogP contribution in [0.4, 0.5) is 28.9 Å². The number of aliphatic carboxylic acids is 1. The van der Waals surface area contributed by atoms with Gasteiger partial charge in [-0.3, -0.25) is 9.80 Å². The lowest BCUT2D eigenvalue weighted by Crippen LogP contribution is -2.46. The van der Waals surface area contributed by atoms with Gasteiger partial charge in [-0.1, -0.05) is 20.8 Å². The lowest BCUT2D eigenvalue weighted by Gasteiger charge is -2.40. The average molecular weight is 580 g/mol. The fraction of sp³-hybridized carbons (Fsp3) is 0.533. The number of hydrogen-bond donors (Lipinski definition) is 1. The van der Waals surface area contributed by atoms with E-state index >= 15 is 0 Å². The fourth-order valence-corrected chi connectivity index (χ4v) is 5.74. The molecule has 2 unspecified atom stereocenters. The van der Waals surface area contributed by atoms with Gasteiger partial charge in [0, 0.05) is 37.4 Å². The van der Waals surface area contributed by atoms with Crippen LogP contribution in [-0.4, -0.2) is 54.8 Å². The van der Waals surface area contributed by atoms with Crippen molar-refractivity contribution in [3.8, 4) is 11.5 Å². The number of nitrogens with zero attached hydrogens (tertiary/aromatic N) is 3. The maximum absolute atomic E-state index is 14.8. The third-order valence-electron chi connectivity index (χ3n) is 7.61. The van der Waals surface area contributed by atoms with Gasteiger partial charge in [0.1, 0.15) is 29.1 Å². The zero-order valence-electron chi connectivity index (χ0n) is 23.7. The number of carboxylic acids is 1. The highest BCUT2D eigenvalue weighted by Gasteiger charge is 2.48. The number of piperidine rings is 1. The number of halogens is 4. The van der Waals surface area contributed by atoms with Crippen molar-refractivity contribution in [1.29, 1.82) is 0 Å². The van der Waals surface area contributed by atoms with Crippen LogP contribution >= 0.6 is 0 Å². The molecule has 4 rings (SSSR count). The topological polar surface area (TPSA) is 74.6 Å². The largest absolute Gasteiger partial charge is 0.494 e. The van der Waals surface area contributed by atoms with Crippen LogP contribution in [0.5, 0.6) is 11.5 Å². The Morgan fingerprint density at radius 3 is 2.44 bits per heavy atom. The quantitative estimate of drug-likeness (QED) is 0.314. The first kappa shape index (κ1) is 30.5. The second-order valence-corrected chi connectivity index (χ2v) is 11.1. The lowest BCUT2D eigenvalue weighted by atomic mass is 9.86. The second-order valence-electron chi connectivity index (χ2n) is 11.1. The first-order valence-corrected chi connectivity index (χ1v) is 14.0. The molecule has 0 amide bonds. The van der Waals surface area contributed by atoms with Crippen LogP contribution in [0.3, 0.4) is 0 Å². The summed E-state index contributed by atoms with van der Waals surface area (Å²) in [6, 6.07) is 10.3. The van der Waals surface area contributed by atoms with E-state index in [-0.39, 0.29) is 17.8 Å². The highest BCUT2D eigenvalue weighted by Crippen LogP contribution is 2.38. The maximum Gasteiger partial charge on any atom is 0.431 e. The van der Waals surface area contributed by atoms with Crippen molar-refractivity contribution in [2.75, 3.05) is 29.6 Å². The highest BCUT2D eigenvalue weighted by molar-refractivity contribution is 5.95. The summed E-state index contributed by atoms with van der Waals surface area (Å²) in [5.74, 6) is -0.935. The summed E-state index contributed by atoms with van der Waals surface area (Å²) in [7, 11) is 0. The van der Waals surface area contributed by atoms with Crippen molar-refractivity contribution in [1.82, 2.24) is 0 Å². The van der Waals surface area contributed by atoms with Crippen LogP contribution < -0.4 is 19.4 Å². The van der Waals surface area contributed by atoms with Crippen LogP contribution in [0.15, 0.2) is 47.6 Å². The van der Waals surface area contributed by atoms with E-state index < -0.39 is 36.2 Å². The first-order valence-electron chi connectivity index (χ1n) is 14.0. The normalized spacial score (nSPS) is 23.1. The first-order chi connectivity index (χ1) is 19.4. The summed E-state index contributed by atoms with van der Waals surface area (Å²) in [6.07, 6.45) is -3.75. The number of anilines is 2. The van der Waals surface area contributed by atoms with Crippen LogP contribution in [0, 0.1) is 23.6 Å². The molecule has 4 atom stereocenters. The van der Waals surface area contributed by atoms with Gasteiger partial charge < -0.3 is 19.5 Å². The van der Waals surface area contributed by atoms with E-state index in [2.05, 4.69) is 18.9 Å². The summed E-state index contributed by atoms with van der Waals surface area (Å²) in [4.78, 5) is 13.4. The Morgan fingerprint density at radius 1 is 1.15 bits per heavy atom. The third kappa shape index (κ3) is 7.23. The van der Waals surface area contributed by atoms with Crippen LogP contribution in [0.1, 0.15) is 47.0 Å². The van der Waals surface area contributed by atoms with Gasteiger partial charge >= 0.3 is 12.1 Å². The number of hydrogen-bond acceptors (Lipinski definition) is 6. The molecule has 1 N–H and O–H groups in total. The molecule has 0 bridgehead atoms. The predicted molar refractivity (Wildman–Crippen MR) is 149 cm³/mol. The molecule has 11 heteroatoms. The van der Waals surface area contributed by atoms with E-state index in [1.807, 2.05) is 11.8 Å². The third-order valence-corrected chi connectivity index (χ3v) is 7.61. The standard InChI is InChI=1S/C30H37F4N3O4/c1-5-40-23-10-11-24(31)26(15-23)36-13-12-27(20(17-36)14-18(2)3)41-22-8-6-21(7-9-22)37-25(16-28(38)39)19(4)29(35-37)30(32,33)34/h6-11,15,18-20,25,27H,5,12-14,16-17H2,1-4H3,(H,38,39)/t19-,20?,25-,27?/m0/s1. The van der Waals surface area contributed by atoms with Crippen LogP contribution in [-0.2, 0) is 4.79 Å². The smallest absolute Gasteiger partial charge is 0.431 e. The zero-order valence-corrected chi connectivity index (χ0v) is 23.7. The molecular weight excluding hydrogens is 542 g/mol. The van der Waals surface area contributed by atoms with Gasteiger partial charge in [-0.2, -0.15) is 18.3 Å². The average Bonchev–Trinajstić information content (AvgIpc) is 3.22. The van der Waals surface area contributed by atoms with E-state index in [0.717, 1.165) is 11.4 Å². The SMILES string of the molecule is CCOc1ccc(F)c(N2CCC(Oc3ccc(N4N=C(C(F)(F)F)[C@@H](C)[C@@H]4CC(=O)O)cc3)C(CC(C)C)C2)c1. The van der Waals surface area contributed by atoms with Crippen molar-refractivity contribution in [3.05, 3.63) is 48.3 Å². The minimum Gasteiger partial charge on any atom is -0.494 e. The molecule has 0 spiro atoms. The van der Waals surface area contributed by atoms with Gasteiger partial charge in [0.2, 0.25) is 0 Å². The predicted octanol–water partition coefficient (Wildman–Crippen LogP) is 6.76. The van der Waals surface area contributed by atoms with Crippen molar-refractivity contribution < 1.29 is 36.9 Å². The summed E-state index contributed by atoms with van der Waals surface area (Å²) >= 11 is 0. The van der Waals surface area contributed by atoms with E-state index in [1.165, 1.54) is 13.0 Å². The number of carbonyl (C=O) groups is 1. The summed E-state index contributed by atoms with van der Waals surface area (Å²) < 4.78 is 67.3. The molecule has 2 aromatic carbocycles. The number of hydrazone groups is 1. The molecule has 7 nitrogen and oxygen atoms in total. The van der Waals surface area contributed by atoms with Crippen LogP contribution in [0.25, 0.3) is 0 Å². The monoisotopic (exact) mass is 579 g/mol.